The van der Waals surface area contributed by atoms with Gasteiger partial charge in [-0.25, -0.2) is 0 Å². The number of benzene rings is 2. The SMILES string of the molecule is CCOC(=O)C1(C)CN(CC(=O)Nc2cccc(C(F)(F)F)c2)N=C1c1ccc(Cl)cc1. The zero-order valence-electron chi connectivity index (χ0n) is 17.4. The number of halogens is 4. The lowest BCUT2D eigenvalue weighted by molar-refractivity contribution is -0.150. The normalized spacial score (nSPS) is 18.3. The molecular weight excluding hydrogens is 447 g/mol. The van der Waals surface area contributed by atoms with Crippen molar-refractivity contribution < 1.29 is 27.5 Å². The minimum atomic E-state index is -4.52. The number of anilines is 1. The Labute approximate surface area is 188 Å². The van der Waals surface area contributed by atoms with Gasteiger partial charge in [-0.15, -0.1) is 0 Å². The summed E-state index contributed by atoms with van der Waals surface area (Å²) >= 11 is 5.95. The Balaban J connectivity index is 1.80. The lowest BCUT2D eigenvalue weighted by Gasteiger charge is -2.24. The number of nitrogens with zero attached hydrogens (tertiary/aromatic N) is 2. The van der Waals surface area contributed by atoms with E-state index in [0.29, 0.717) is 16.3 Å². The lowest BCUT2D eigenvalue weighted by atomic mass is 9.82. The molecule has 170 valence electrons. The first-order valence-electron chi connectivity index (χ1n) is 9.77. The largest absolute Gasteiger partial charge is 0.465 e. The van der Waals surface area contributed by atoms with E-state index in [2.05, 4.69) is 10.4 Å². The van der Waals surface area contributed by atoms with Crippen LogP contribution in [0.3, 0.4) is 0 Å². The summed E-state index contributed by atoms with van der Waals surface area (Å²) in [5, 5.41) is 8.80. The summed E-state index contributed by atoms with van der Waals surface area (Å²) in [6.07, 6.45) is -4.52. The molecule has 10 heteroatoms. The molecule has 0 fully saturated rings. The number of hydrazone groups is 1. The zero-order valence-corrected chi connectivity index (χ0v) is 18.1. The third-order valence-corrected chi connectivity index (χ3v) is 5.16. The molecule has 32 heavy (non-hydrogen) atoms. The van der Waals surface area contributed by atoms with Gasteiger partial charge in [0.1, 0.15) is 12.0 Å². The second-order valence-electron chi connectivity index (χ2n) is 7.46. The molecule has 1 aliphatic heterocycles. The number of nitrogens with one attached hydrogen (secondary N) is 1. The van der Waals surface area contributed by atoms with Gasteiger partial charge in [-0.2, -0.15) is 18.3 Å². The van der Waals surface area contributed by atoms with Crippen molar-refractivity contribution in [1.82, 2.24) is 5.01 Å². The summed E-state index contributed by atoms with van der Waals surface area (Å²) in [7, 11) is 0. The van der Waals surface area contributed by atoms with Gasteiger partial charge in [-0.1, -0.05) is 29.8 Å². The van der Waals surface area contributed by atoms with E-state index in [4.69, 9.17) is 16.3 Å². The molecular formula is C22H21ClF3N3O3. The molecule has 0 saturated carbocycles. The monoisotopic (exact) mass is 467 g/mol. The smallest absolute Gasteiger partial charge is 0.416 e. The third kappa shape index (κ3) is 5.21. The van der Waals surface area contributed by atoms with Crippen molar-refractivity contribution in [2.75, 3.05) is 25.0 Å². The quantitative estimate of drug-likeness (QED) is 0.631. The number of carbonyl (C=O) groups is 2. The minimum Gasteiger partial charge on any atom is -0.465 e. The lowest BCUT2D eigenvalue weighted by Crippen LogP contribution is -2.41. The van der Waals surface area contributed by atoms with Crippen molar-refractivity contribution >= 4 is 34.9 Å². The minimum absolute atomic E-state index is 0.0130. The molecule has 2 aromatic carbocycles. The fraction of sp³-hybridized carbons (Fsp3) is 0.318. The number of esters is 1. The summed E-state index contributed by atoms with van der Waals surface area (Å²) in [5.41, 5.74) is -0.931. The Kier molecular flexibility index (Phi) is 6.78. The van der Waals surface area contributed by atoms with Crippen LogP contribution in [0.1, 0.15) is 25.0 Å². The van der Waals surface area contributed by atoms with Crippen LogP contribution < -0.4 is 5.32 Å². The van der Waals surface area contributed by atoms with Crippen molar-refractivity contribution in [3.8, 4) is 0 Å². The van der Waals surface area contributed by atoms with Crippen LogP contribution in [0, 0.1) is 5.41 Å². The van der Waals surface area contributed by atoms with Gasteiger partial charge in [0.2, 0.25) is 5.91 Å². The van der Waals surface area contributed by atoms with Gasteiger partial charge in [0.25, 0.3) is 0 Å². The van der Waals surface area contributed by atoms with Gasteiger partial charge < -0.3 is 10.1 Å². The van der Waals surface area contributed by atoms with Crippen LogP contribution in [0.15, 0.2) is 53.6 Å². The van der Waals surface area contributed by atoms with Crippen LogP contribution in [0.5, 0.6) is 0 Å². The summed E-state index contributed by atoms with van der Waals surface area (Å²) in [6, 6.07) is 11.1. The molecule has 1 aliphatic rings. The first kappa shape index (κ1) is 23.6. The van der Waals surface area contributed by atoms with E-state index in [0.717, 1.165) is 12.1 Å². The van der Waals surface area contributed by atoms with Crippen LogP contribution in [0.25, 0.3) is 0 Å². The molecule has 0 bridgehead atoms. The number of hydrogen-bond donors (Lipinski definition) is 1. The zero-order chi connectivity index (χ0) is 23.5. The van der Waals surface area contributed by atoms with E-state index in [-0.39, 0.29) is 25.4 Å². The molecule has 0 spiro atoms. The van der Waals surface area contributed by atoms with Gasteiger partial charge in [0.15, 0.2) is 0 Å². The Morgan fingerprint density at radius 2 is 1.91 bits per heavy atom. The predicted octanol–water partition coefficient (Wildman–Crippen LogP) is 4.59. The maximum absolute atomic E-state index is 12.9. The average Bonchev–Trinajstić information content (AvgIpc) is 3.05. The van der Waals surface area contributed by atoms with Crippen LogP contribution in [0.4, 0.5) is 18.9 Å². The van der Waals surface area contributed by atoms with Crippen molar-refractivity contribution in [3.05, 3.63) is 64.7 Å². The van der Waals surface area contributed by atoms with E-state index < -0.39 is 29.0 Å². The van der Waals surface area contributed by atoms with Crippen LogP contribution in [0.2, 0.25) is 5.02 Å². The highest BCUT2D eigenvalue weighted by molar-refractivity contribution is 6.30. The van der Waals surface area contributed by atoms with E-state index >= 15 is 0 Å². The summed E-state index contributed by atoms with van der Waals surface area (Å²) in [5.74, 6) is -1.06. The number of amides is 1. The highest BCUT2D eigenvalue weighted by Crippen LogP contribution is 2.33. The van der Waals surface area contributed by atoms with E-state index in [1.54, 1.807) is 38.1 Å². The molecule has 1 N–H and O–H groups in total. The van der Waals surface area contributed by atoms with Crippen molar-refractivity contribution in [1.29, 1.82) is 0 Å². The molecule has 1 unspecified atom stereocenters. The molecule has 6 nitrogen and oxygen atoms in total. The maximum Gasteiger partial charge on any atom is 0.416 e. The summed E-state index contributed by atoms with van der Waals surface area (Å²) in [6.45, 7) is 3.35. The molecule has 0 aromatic heterocycles. The fourth-order valence-electron chi connectivity index (χ4n) is 3.39. The molecule has 1 atom stereocenters. The standard InChI is InChI=1S/C22H21ClF3N3O3/c1-3-32-20(31)21(2)13-29(28-19(21)14-7-9-16(23)10-8-14)12-18(30)27-17-6-4-5-15(11-17)22(24,25)26/h4-11H,3,12-13H2,1-2H3,(H,27,30). The summed E-state index contributed by atoms with van der Waals surface area (Å²) < 4.78 is 43.9. The van der Waals surface area contributed by atoms with Crippen LogP contribution in [-0.4, -0.2) is 42.3 Å². The highest BCUT2D eigenvalue weighted by atomic mass is 35.5. The number of carbonyl (C=O) groups excluding carboxylic acids is 2. The van der Waals surface area contributed by atoms with E-state index in [9.17, 15) is 22.8 Å². The Hall–Kier alpha value is -3.07. The Bertz CT molecular complexity index is 1040. The van der Waals surface area contributed by atoms with E-state index in [1.165, 1.54) is 17.1 Å². The number of alkyl halides is 3. The van der Waals surface area contributed by atoms with Gasteiger partial charge in [-0.05, 0) is 49.7 Å². The number of rotatable bonds is 6. The Morgan fingerprint density at radius 3 is 2.53 bits per heavy atom. The second-order valence-corrected chi connectivity index (χ2v) is 7.89. The first-order valence-corrected chi connectivity index (χ1v) is 10.1. The molecule has 0 saturated heterocycles. The second kappa shape index (κ2) is 9.20. The fourth-order valence-corrected chi connectivity index (χ4v) is 3.52. The van der Waals surface area contributed by atoms with Gasteiger partial charge in [-0.3, -0.25) is 14.6 Å². The first-order chi connectivity index (χ1) is 15.0. The van der Waals surface area contributed by atoms with Gasteiger partial charge in [0, 0.05) is 10.7 Å². The molecule has 1 heterocycles. The topological polar surface area (TPSA) is 71.0 Å². The van der Waals surface area contributed by atoms with Gasteiger partial charge in [0.05, 0.1) is 24.4 Å². The molecule has 3 rings (SSSR count). The predicted molar refractivity (Wildman–Crippen MR) is 114 cm³/mol. The molecule has 0 radical (unpaired) electrons. The molecule has 1 amide bonds. The van der Waals surface area contributed by atoms with Crippen molar-refractivity contribution in [2.24, 2.45) is 10.5 Å². The van der Waals surface area contributed by atoms with Crippen molar-refractivity contribution in [2.45, 2.75) is 20.0 Å². The number of ether oxygens (including phenoxy) is 1. The van der Waals surface area contributed by atoms with Gasteiger partial charge >= 0.3 is 12.1 Å². The maximum atomic E-state index is 12.9. The average molecular weight is 468 g/mol. The Morgan fingerprint density at radius 1 is 1.22 bits per heavy atom. The summed E-state index contributed by atoms with van der Waals surface area (Å²) in [4.78, 5) is 25.2. The van der Waals surface area contributed by atoms with Crippen molar-refractivity contribution in [3.63, 3.8) is 0 Å². The molecule has 2 aromatic rings. The third-order valence-electron chi connectivity index (χ3n) is 4.91. The van der Waals surface area contributed by atoms with E-state index in [1.807, 2.05) is 0 Å². The number of hydrogen-bond acceptors (Lipinski definition) is 5. The highest BCUT2D eigenvalue weighted by Gasteiger charge is 2.47. The van der Waals surface area contributed by atoms with Crippen LogP contribution >= 0.6 is 11.6 Å². The molecule has 0 aliphatic carbocycles. The van der Waals surface area contributed by atoms with Crippen LogP contribution in [-0.2, 0) is 20.5 Å².